The molecule has 5 nitrogen and oxygen atoms in total. The number of fused-ring (bicyclic) bond motifs is 5. The van der Waals surface area contributed by atoms with E-state index in [1.807, 2.05) is 6.07 Å². The monoisotopic (exact) mass is 348 g/mol. The standard InChI is InChI=1S/C21H24N4O/c1-4-18-23-20-19(21-22-16-9-5-6-10-17(16)25(18)21)13(2)14(3)24(20)12-15-8-7-11-26-15/h5-6,9-10,15H,4,7-8,11-12H2,1-3H3. The molecule has 4 heterocycles. The average molecular weight is 348 g/mol. The molecule has 4 aromatic rings. The first kappa shape index (κ1) is 15.8. The van der Waals surface area contributed by atoms with Crippen molar-refractivity contribution in [3.05, 3.63) is 41.3 Å². The number of para-hydroxylation sites is 2. The van der Waals surface area contributed by atoms with Crippen molar-refractivity contribution in [2.75, 3.05) is 6.61 Å². The maximum absolute atomic E-state index is 5.89. The van der Waals surface area contributed by atoms with Crippen molar-refractivity contribution in [3.63, 3.8) is 0 Å². The summed E-state index contributed by atoms with van der Waals surface area (Å²) in [7, 11) is 0. The molecule has 0 aliphatic carbocycles. The topological polar surface area (TPSA) is 44.3 Å². The summed E-state index contributed by atoms with van der Waals surface area (Å²) in [6, 6.07) is 8.33. The molecule has 5 heteroatoms. The molecule has 1 aliphatic heterocycles. The van der Waals surface area contributed by atoms with Gasteiger partial charge >= 0.3 is 0 Å². The number of imidazole rings is 1. The lowest BCUT2D eigenvalue weighted by atomic mass is 10.2. The van der Waals surface area contributed by atoms with Gasteiger partial charge in [-0.25, -0.2) is 9.97 Å². The minimum absolute atomic E-state index is 0.297. The summed E-state index contributed by atoms with van der Waals surface area (Å²) in [6.45, 7) is 8.30. The summed E-state index contributed by atoms with van der Waals surface area (Å²) in [5.41, 5.74) is 6.78. The van der Waals surface area contributed by atoms with E-state index < -0.39 is 0 Å². The van der Waals surface area contributed by atoms with E-state index in [2.05, 4.69) is 47.9 Å². The molecule has 1 aliphatic rings. The van der Waals surface area contributed by atoms with E-state index in [4.69, 9.17) is 14.7 Å². The van der Waals surface area contributed by atoms with E-state index in [1.165, 1.54) is 16.6 Å². The quantitative estimate of drug-likeness (QED) is 0.557. The van der Waals surface area contributed by atoms with Crippen LogP contribution in [0.3, 0.4) is 0 Å². The Labute approximate surface area is 152 Å². The molecule has 0 saturated carbocycles. The fourth-order valence-electron chi connectivity index (χ4n) is 4.31. The number of ether oxygens (including phenoxy) is 1. The molecule has 0 bridgehead atoms. The van der Waals surface area contributed by atoms with Gasteiger partial charge in [0.15, 0.2) is 5.65 Å². The van der Waals surface area contributed by atoms with Crippen molar-refractivity contribution in [2.45, 2.75) is 52.7 Å². The third-order valence-electron chi connectivity index (χ3n) is 5.81. The lowest BCUT2D eigenvalue weighted by Gasteiger charge is -2.14. The maximum atomic E-state index is 5.89. The second-order valence-corrected chi connectivity index (χ2v) is 7.30. The Kier molecular flexibility index (Phi) is 3.54. The van der Waals surface area contributed by atoms with E-state index in [9.17, 15) is 0 Å². The summed E-state index contributed by atoms with van der Waals surface area (Å²) < 4.78 is 10.5. The van der Waals surface area contributed by atoms with Crippen molar-refractivity contribution in [2.24, 2.45) is 0 Å². The predicted molar refractivity (Wildman–Crippen MR) is 104 cm³/mol. The Morgan fingerprint density at radius 1 is 1.15 bits per heavy atom. The molecular formula is C21H24N4O. The van der Waals surface area contributed by atoms with Gasteiger partial charge in [-0.05, 0) is 44.4 Å². The van der Waals surface area contributed by atoms with Gasteiger partial charge in [-0.3, -0.25) is 4.40 Å². The van der Waals surface area contributed by atoms with Crippen LogP contribution in [-0.2, 0) is 17.7 Å². The number of hydrogen-bond acceptors (Lipinski definition) is 3. The normalized spacial score (nSPS) is 17.9. The molecule has 0 N–H and O–H groups in total. The van der Waals surface area contributed by atoms with Crippen LogP contribution in [0.25, 0.3) is 27.7 Å². The number of aryl methyl sites for hydroxylation is 2. The third-order valence-corrected chi connectivity index (χ3v) is 5.81. The molecule has 0 amide bonds. The Morgan fingerprint density at radius 3 is 2.77 bits per heavy atom. The van der Waals surface area contributed by atoms with Crippen molar-refractivity contribution >= 4 is 27.7 Å². The Balaban J connectivity index is 1.86. The van der Waals surface area contributed by atoms with Crippen LogP contribution in [0.4, 0.5) is 0 Å². The molecule has 1 unspecified atom stereocenters. The first-order valence-corrected chi connectivity index (χ1v) is 9.56. The van der Waals surface area contributed by atoms with Gasteiger partial charge in [0.1, 0.15) is 11.5 Å². The molecule has 1 saturated heterocycles. The number of hydrogen-bond donors (Lipinski definition) is 0. The van der Waals surface area contributed by atoms with Crippen LogP contribution in [0.1, 0.15) is 36.8 Å². The van der Waals surface area contributed by atoms with Crippen LogP contribution in [-0.4, -0.2) is 31.6 Å². The highest BCUT2D eigenvalue weighted by molar-refractivity contribution is 5.98. The fraction of sp³-hybridized carbons (Fsp3) is 0.429. The lowest BCUT2D eigenvalue weighted by Crippen LogP contribution is -2.16. The van der Waals surface area contributed by atoms with Gasteiger partial charge in [-0.1, -0.05) is 19.1 Å². The highest BCUT2D eigenvalue weighted by Crippen LogP contribution is 2.31. The van der Waals surface area contributed by atoms with E-state index >= 15 is 0 Å². The zero-order valence-electron chi connectivity index (χ0n) is 15.6. The van der Waals surface area contributed by atoms with Gasteiger partial charge in [0.25, 0.3) is 0 Å². The highest BCUT2D eigenvalue weighted by Gasteiger charge is 2.23. The van der Waals surface area contributed by atoms with Crippen LogP contribution in [0, 0.1) is 13.8 Å². The SMILES string of the molecule is CCc1nc2c(c(C)c(C)n2CC2CCCO2)c2nc3ccccc3n12. The second kappa shape index (κ2) is 5.81. The smallest absolute Gasteiger partial charge is 0.150 e. The molecule has 1 fully saturated rings. The first-order chi connectivity index (χ1) is 12.7. The van der Waals surface area contributed by atoms with E-state index in [1.54, 1.807) is 0 Å². The molecule has 3 aromatic heterocycles. The zero-order chi connectivity index (χ0) is 17.8. The van der Waals surface area contributed by atoms with Gasteiger partial charge in [-0.2, -0.15) is 0 Å². The molecule has 5 rings (SSSR count). The lowest BCUT2D eigenvalue weighted by molar-refractivity contribution is 0.0974. The molecule has 134 valence electrons. The van der Waals surface area contributed by atoms with Crippen LogP contribution in [0.5, 0.6) is 0 Å². The van der Waals surface area contributed by atoms with E-state index in [0.717, 1.165) is 60.6 Å². The Hall–Kier alpha value is -2.40. The minimum atomic E-state index is 0.297. The Bertz CT molecular complexity index is 1130. The predicted octanol–water partition coefficient (Wildman–Crippen LogP) is 4.20. The molecule has 1 aromatic carbocycles. The zero-order valence-corrected chi connectivity index (χ0v) is 15.6. The fourth-order valence-corrected chi connectivity index (χ4v) is 4.31. The summed E-state index contributed by atoms with van der Waals surface area (Å²) in [6.07, 6.45) is 3.46. The van der Waals surface area contributed by atoms with Crippen molar-refractivity contribution in [1.29, 1.82) is 0 Å². The van der Waals surface area contributed by atoms with Gasteiger partial charge in [0.05, 0.1) is 29.1 Å². The summed E-state index contributed by atoms with van der Waals surface area (Å²) in [4.78, 5) is 10.1. The van der Waals surface area contributed by atoms with Crippen LogP contribution in [0.2, 0.25) is 0 Å². The molecule has 26 heavy (non-hydrogen) atoms. The number of rotatable bonds is 3. The summed E-state index contributed by atoms with van der Waals surface area (Å²) >= 11 is 0. The van der Waals surface area contributed by atoms with E-state index in [0.29, 0.717) is 6.10 Å². The van der Waals surface area contributed by atoms with Crippen molar-refractivity contribution in [3.8, 4) is 0 Å². The molecular weight excluding hydrogens is 324 g/mol. The van der Waals surface area contributed by atoms with Crippen molar-refractivity contribution in [1.82, 2.24) is 18.9 Å². The first-order valence-electron chi connectivity index (χ1n) is 9.56. The van der Waals surface area contributed by atoms with Crippen molar-refractivity contribution < 1.29 is 4.74 Å². The summed E-state index contributed by atoms with van der Waals surface area (Å²) in [5, 5.41) is 1.17. The summed E-state index contributed by atoms with van der Waals surface area (Å²) in [5.74, 6) is 1.06. The van der Waals surface area contributed by atoms with Crippen LogP contribution in [0.15, 0.2) is 24.3 Å². The molecule has 0 radical (unpaired) electrons. The minimum Gasteiger partial charge on any atom is -0.376 e. The number of aromatic nitrogens is 4. The Morgan fingerprint density at radius 2 is 2.00 bits per heavy atom. The highest BCUT2D eigenvalue weighted by atomic mass is 16.5. The van der Waals surface area contributed by atoms with Gasteiger partial charge in [0.2, 0.25) is 0 Å². The van der Waals surface area contributed by atoms with Gasteiger partial charge < -0.3 is 9.30 Å². The number of benzene rings is 1. The van der Waals surface area contributed by atoms with E-state index in [-0.39, 0.29) is 0 Å². The second-order valence-electron chi connectivity index (χ2n) is 7.30. The van der Waals surface area contributed by atoms with Gasteiger partial charge in [0, 0.05) is 18.7 Å². The third kappa shape index (κ3) is 2.13. The average Bonchev–Trinajstić information content (AvgIpc) is 3.35. The van der Waals surface area contributed by atoms with Crippen LogP contribution >= 0.6 is 0 Å². The van der Waals surface area contributed by atoms with Crippen LogP contribution < -0.4 is 0 Å². The van der Waals surface area contributed by atoms with Gasteiger partial charge in [-0.15, -0.1) is 0 Å². The maximum Gasteiger partial charge on any atom is 0.150 e. The number of nitrogens with zero attached hydrogens (tertiary/aromatic N) is 4. The molecule has 0 spiro atoms. The molecule has 1 atom stereocenters. The largest absolute Gasteiger partial charge is 0.376 e.